The maximum absolute atomic E-state index is 13.2. The van der Waals surface area contributed by atoms with Crippen LogP contribution in [0.4, 0.5) is 0 Å². The number of carbonyl (C=O) groups is 6. The van der Waals surface area contributed by atoms with Crippen molar-refractivity contribution < 1.29 is 79.4 Å². The van der Waals surface area contributed by atoms with Crippen LogP contribution in [0.15, 0.2) is 48.6 Å². The van der Waals surface area contributed by atoms with E-state index in [9.17, 15) is 33.9 Å². The molecule has 0 aromatic carbocycles. The van der Waals surface area contributed by atoms with Crippen LogP contribution in [0.3, 0.4) is 0 Å². The van der Waals surface area contributed by atoms with Crippen molar-refractivity contribution in [3.8, 4) is 0 Å². The van der Waals surface area contributed by atoms with Crippen molar-refractivity contribution in [1.82, 2.24) is 14.7 Å². The van der Waals surface area contributed by atoms with Crippen molar-refractivity contribution in [2.45, 2.75) is 420 Å². The van der Waals surface area contributed by atoms with Crippen molar-refractivity contribution in [2.24, 2.45) is 0 Å². The molecule has 0 radical (unpaired) electrons. The van der Waals surface area contributed by atoms with E-state index in [1.165, 1.54) is 231 Å². The zero-order valence-corrected chi connectivity index (χ0v) is 78.6. The summed E-state index contributed by atoms with van der Waals surface area (Å²) in [5, 5.41) is 17.9. The number of hydrogen-bond acceptors (Lipinski definition) is 13. The first-order chi connectivity index (χ1) is 55.1. The lowest BCUT2D eigenvalue weighted by atomic mass is 10.1. The second kappa shape index (κ2) is 99.4. The van der Waals surface area contributed by atoms with Gasteiger partial charge in [0.2, 0.25) is 5.91 Å². The highest BCUT2D eigenvalue weighted by Gasteiger charge is 2.24. The Bertz CT molecular complexity index is 2080. The zero-order chi connectivity index (χ0) is 83.5. The molecule has 0 unspecified atom stereocenters. The number of carbonyl (C=O) groups excluding carboxylic acids is 6. The van der Waals surface area contributed by atoms with E-state index >= 15 is 0 Å². The number of alkyl halides is 1. The second-order valence-corrected chi connectivity index (χ2v) is 33.4. The molecule has 0 saturated carbocycles. The summed E-state index contributed by atoms with van der Waals surface area (Å²) in [6.07, 6.45) is 86.8. The summed E-state index contributed by atoms with van der Waals surface area (Å²) in [5.41, 5.74) is 0. The third kappa shape index (κ3) is 99.3. The molecule has 0 heterocycles. The molecule has 0 bridgehead atoms. The minimum Gasteiger partial charge on any atom is -1.00 e. The molecular formula is C97H186Br2N4O12. The average Bonchev–Trinajstić information content (AvgIpc) is 0.871. The lowest BCUT2D eigenvalue weighted by Crippen LogP contribution is -3.00. The van der Waals surface area contributed by atoms with Crippen molar-refractivity contribution in [3.63, 3.8) is 0 Å². The van der Waals surface area contributed by atoms with Gasteiger partial charge in [0.05, 0.1) is 60.3 Å². The molecule has 115 heavy (non-hydrogen) atoms. The number of likely N-dealkylation sites (N-methyl/N-ethyl adjacent to an activating group) is 2. The van der Waals surface area contributed by atoms with E-state index in [0.29, 0.717) is 114 Å². The summed E-state index contributed by atoms with van der Waals surface area (Å²) >= 11 is 3.00. The lowest BCUT2D eigenvalue weighted by molar-refractivity contribution is -0.883. The van der Waals surface area contributed by atoms with E-state index < -0.39 is 0 Å². The summed E-state index contributed by atoms with van der Waals surface area (Å²) in [6.45, 7) is 13.6. The van der Waals surface area contributed by atoms with Gasteiger partial charge < -0.3 is 65.3 Å². The third-order valence-electron chi connectivity index (χ3n) is 20.4. The van der Waals surface area contributed by atoms with Crippen LogP contribution >= 0.6 is 15.9 Å². The van der Waals surface area contributed by atoms with Gasteiger partial charge in [-0.3, -0.25) is 28.8 Å². The molecule has 18 heteroatoms. The zero-order valence-electron chi connectivity index (χ0n) is 75.5. The van der Waals surface area contributed by atoms with Crippen molar-refractivity contribution >= 4 is 51.6 Å². The standard InChI is InChI=1S/C48H91N2O6.C46H86N2O5.C2H5BrO.CH4.BrH/c1-5-7-9-11-13-15-17-19-21-23-25-27-29-31-33-37-47(53)55-43-35-39-49(46(52)45-50(3,4)41-42-51)40-36-44-56-48(54)38-34-32-30-28-26-24-22-20-18-16-14-12-10-8-6-2;1-5-7-9-11-13-15-17-19-21-23-25-27-29-31-33-37-45(50)52-41-35-39-48(44(49)43-47(3)4)40-36-42-53-46(51)38-34-32-30-28-26-24-22-20-18-16-14-12-10-8-6-2;3-1-2-4;;/h19-22,51H,5-18,23-45H2,1-4H3;19-22H,5-18,23-43H2,1-4H3;4H,1-2H2;1H4;1H/q+1;;;;/p-1/b2*21-19-,22-20-;;;. The maximum Gasteiger partial charge on any atom is 0.305 e. The number of quaternary nitrogens is 1. The molecular weight excluding hydrogens is 1570 g/mol. The molecule has 0 aliphatic rings. The number of allylic oxidation sites excluding steroid dienone is 8. The van der Waals surface area contributed by atoms with E-state index in [0.717, 1.165) is 103 Å². The van der Waals surface area contributed by atoms with E-state index in [4.69, 9.17) is 24.1 Å². The molecule has 0 saturated heterocycles. The fraction of sp³-hybridized carbons (Fsp3) is 0.856. The van der Waals surface area contributed by atoms with Crippen LogP contribution in [0.5, 0.6) is 0 Å². The Labute approximate surface area is 729 Å². The number of hydrogen-bond donors (Lipinski definition) is 2. The van der Waals surface area contributed by atoms with Crippen LogP contribution in [0.25, 0.3) is 0 Å². The number of nitrogens with zero attached hydrogens (tertiary/aromatic N) is 4. The minimum atomic E-state index is -0.167. The van der Waals surface area contributed by atoms with Gasteiger partial charge in [0.1, 0.15) is 6.54 Å². The van der Waals surface area contributed by atoms with E-state index in [1.54, 1.807) is 9.80 Å². The smallest absolute Gasteiger partial charge is 0.305 e. The highest BCUT2D eigenvalue weighted by Crippen LogP contribution is 2.17. The Morgan fingerprint density at radius 2 is 0.513 bits per heavy atom. The number of rotatable bonds is 83. The Hall–Kier alpha value is -3.42. The van der Waals surface area contributed by atoms with Crippen LogP contribution in [-0.4, -0.2) is 184 Å². The molecule has 0 aliphatic carbocycles. The Balaban J connectivity index is -0.000000659. The molecule has 2 N–H and O–H groups in total. The van der Waals surface area contributed by atoms with Crippen molar-refractivity contribution in [2.75, 3.05) is 119 Å². The normalized spacial score (nSPS) is 11.4. The Morgan fingerprint density at radius 3 is 0.713 bits per heavy atom. The first kappa shape index (κ1) is 120. The predicted octanol–water partition coefficient (Wildman–Crippen LogP) is 22.2. The Kier molecular flexibility index (Phi) is 104. The highest BCUT2D eigenvalue weighted by atomic mass is 79.9. The molecule has 0 fully saturated rings. The van der Waals surface area contributed by atoms with Gasteiger partial charge in [0, 0.05) is 57.2 Å². The van der Waals surface area contributed by atoms with Gasteiger partial charge in [-0.15, -0.1) is 0 Å². The Morgan fingerprint density at radius 1 is 0.313 bits per heavy atom. The maximum atomic E-state index is 13.2. The summed E-state index contributed by atoms with van der Waals surface area (Å²) in [7, 11) is 7.62. The lowest BCUT2D eigenvalue weighted by Gasteiger charge is -2.31. The van der Waals surface area contributed by atoms with Crippen LogP contribution in [-0.2, 0) is 47.7 Å². The first-order valence-electron chi connectivity index (χ1n) is 47.1. The van der Waals surface area contributed by atoms with Gasteiger partial charge >= 0.3 is 23.9 Å². The van der Waals surface area contributed by atoms with Gasteiger partial charge in [-0.25, -0.2) is 0 Å². The molecule has 2 amide bonds. The van der Waals surface area contributed by atoms with Crippen LogP contribution in [0.1, 0.15) is 420 Å². The van der Waals surface area contributed by atoms with Crippen molar-refractivity contribution in [1.29, 1.82) is 0 Å². The quantitative estimate of drug-likeness (QED) is 0.0146. The van der Waals surface area contributed by atoms with Gasteiger partial charge in [0.15, 0.2) is 6.54 Å². The molecule has 16 nitrogen and oxygen atoms in total. The van der Waals surface area contributed by atoms with Crippen LogP contribution in [0, 0.1) is 0 Å². The largest absolute Gasteiger partial charge is 1.00 e. The summed E-state index contributed by atoms with van der Waals surface area (Å²) in [6, 6.07) is 0. The van der Waals surface area contributed by atoms with E-state index in [2.05, 4.69) is 92.2 Å². The number of halogens is 2. The van der Waals surface area contributed by atoms with Gasteiger partial charge in [-0.1, -0.05) is 305 Å². The SMILES string of the molecule is C.CCCCCCCC/C=C\CCCCCCCC(=O)OCCCN(CCCOC(=O)CCCCCCC/C=C\CCCCCCCC)C(=O)CN(C)C.CCCCCCCC/C=C\CCCCCCCC(=O)OCCCN(CCCOC(=O)CCCCCCC/C=C\CCCCCCCC)C(=O)C[N+](C)(C)CCO.OCCBr.[Br-]. The number of amides is 2. The monoisotopic (exact) mass is 1760 g/mol. The number of aliphatic hydroxyl groups excluding tert-OH is 2. The minimum absolute atomic E-state index is 0. The second-order valence-electron chi connectivity index (χ2n) is 32.6. The third-order valence-corrected chi connectivity index (χ3v) is 20.8. The summed E-state index contributed by atoms with van der Waals surface area (Å²) < 4.78 is 22.3. The highest BCUT2D eigenvalue weighted by molar-refractivity contribution is 9.09. The number of ether oxygens (including phenoxy) is 4. The summed E-state index contributed by atoms with van der Waals surface area (Å²) in [5.74, 6) is -0.602. The molecule has 680 valence electrons. The van der Waals surface area contributed by atoms with E-state index in [1.807, 2.05) is 33.1 Å². The molecule has 0 aromatic heterocycles. The number of unbranched alkanes of at least 4 members (excludes halogenated alkanes) is 44. The predicted molar refractivity (Wildman–Crippen MR) is 488 cm³/mol. The van der Waals surface area contributed by atoms with Crippen LogP contribution < -0.4 is 17.0 Å². The van der Waals surface area contributed by atoms with Gasteiger partial charge in [0.25, 0.3) is 5.91 Å². The molecule has 0 rings (SSSR count). The van der Waals surface area contributed by atoms with Crippen LogP contribution in [0.2, 0.25) is 0 Å². The van der Waals surface area contributed by atoms with Gasteiger partial charge in [-0.2, -0.15) is 0 Å². The summed E-state index contributed by atoms with van der Waals surface area (Å²) in [4.78, 5) is 80.6. The number of aliphatic hydroxyl groups is 2. The molecule has 0 spiro atoms. The molecule has 0 atom stereocenters. The molecule has 0 aliphatic heterocycles. The topological polar surface area (TPSA) is 190 Å². The first-order valence-corrected chi connectivity index (χ1v) is 48.2. The van der Waals surface area contributed by atoms with E-state index in [-0.39, 0.29) is 93.1 Å². The number of esters is 4. The van der Waals surface area contributed by atoms with Crippen molar-refractivity contribution in [3.05, 3.63) is 48.6 Å². The molecule has 0 aromatic rings. The fourth-order valence-electron chi connectivity index (χ4n) is 13.3. The average molecular weight is 1760 g/mol. The van der Waals surface area contributed by atoms with Gasteiger partial charge in [-0.05, 0) is 168 Å². The fourth-order valence-corrected chi connectivity index (χ4v) is 13.3.